The summed E-state index contributed by atoms with van der Waals surface area (Å²) in [7, 11) is 0. The maximum atomic E-state index is 6.37. The third-order valence-electron chi connectivity index (χ3n) is 6.68. The van der Waals surface area contributed by atoms with Crippen molar-refractivity contribution in [2.45, 2.75) is 6.61 Å². The summed E-state index contributed by atoms with van der Waals surface area (Å²) in [4.78, 5) is 0. The minimum absolute atomic E-state index is 0.459. The fraction of sp³-hybridized carbons (Fsp3) is 0.0323. The normalized spacial score (nSPS) is 11.7. The van der Waals surface area contributed by atoms with E-state index in [2.05, 4.69) is 108 Å². The molecule has 0 radical (unpaired) electrons. The van der Waals surface area contributed by atoms with E-state index in [1.807, 2.05) is 6.07 Å². The summed E-state index contributed by atoms with van der Waals surface area (Å²) < 4.78 is 11.1. The fourth-order valence-electron chi connectivity index (χ4n) is 5.05. The van der Waals surface area contributed by atoms with Gasteiger partial charge in [0.25, 0.3) is 0 Å². The van der Waals surface area contributed by atoms with Crippen molar-refractivity contribution in [1.29, 1.82) is 0 Å². The molecule has 7 rings (SSSR count). The number of ether oxygens (including phenoxy) is 1. The topological polar surface area (TPSA) is 40.2 Å². The van der Waals surface area contributed by atoms with Gasteiger partial charge in [0.15, 0.2) is 5.75 Å². The van der Waals surface area contributed by atoms with Crippen molar-refractivity contribution in [3.8, 4) is 11.4 Å². The Morgan fingerprint density at radius 2 is 1.26 bits per heavy atom. The average Bonchev–Trinajstić information content (AvgIpc) is 3.45. The lowest BCUT2D eigenvalue weighted by Gasteiger charge is -2.12. The van der Waals surface area contributed by atoms with Gasteiger partial charge in [0.1, 0.15) is 6.61 Å². The van der Waals surface area contributed by atoms with Crippen LogP contribution in [0.3, 0.4) is 0 Å². The number of anilines is 1. The van der Waals surface area contributed by atoms with Crippen LogP contribution in [0.25, 0.3) is 47.7 Å². The zero-order valence-electron chi connectivity index (χ0n) is 18.9. The molecular formula is C31H22N2OS. The Labute approximate surface area is 206 Å². The molecule has 0 atom stereocenters. The van der Waals surface area contributed by atoms with E-state index in [-0.39, 0.29) is 0 Å². The van der Waals surface area contributed by atoms with E-state index in [9.17, 15) is 0 Å². The van der Waals surface area contributed by atoms with Crippen LogP contribution in [-0.2, 0) is 6.61 Å². The average molecular weight is 471 g/mol. The first-order valence-corrected chi connectivity index (χ1v) is 12.5. The Morgan fingerprint density at radius 3 is 1.97 bits per heavy atom. The molecule has 2 heterocycles. The van der Waals surface area contributed by atoms with E-state index in [1.54, 1.807) is 11.3 Å². The molecule has 4 heteroatoms. The van der Waals surface area contributed by atoms with Gasteiger partial charge in [-0.25, -0.2) is 0 Å². The third kappa shape index (κ3) is 3.18. The van der Waals surface area contributed by atoms with E-state index in [0.717, 1.165) is 22.4 Å². The van der Waals surface area contributed by atoms with E-state index in [0.29, 0.717) is 12.3 Å². The number of nitrogens with two attached hydrogens (primary N) is 1. The molecule has 0 aliphatic heterocycles. The number of benzene rings is 5. The number of thiophene rings is 1. The zero-order chi connectivity index (χ0) is 23.4. The fourth-order valence-corrected chi connectivity index (χ4v) is 6.16. The standard InChI is InChI=1S/C31H22N2OS/c32-25-17-18-29-30(24-9-3-6-12-28(24)35-29)31(25)34-19-20-13-15-21(16-14-20)33-26-10-4-1-7-22(26)23-8-2-5-11-27(23)33/h1-18H,19,32H2. The van der Waals surface area contributed by atoms with Gasteiger partial charge in [-0.15, -0.1) is 11.3 Å². The lowest BCUT2D eigenvalue weighted by atomic mass is 10.1. The largest absolute Gasteiger partial charge is 0.486 e. The van der Waals surface area contributed by atoms with Gasteiger partial charge in [-0.05, 0) is 48.0 Å². The van der Waals surface area contributed by atoms with Crippen molar-refractivity contribution >= 4 is 59.0 Å². The number of rotatable bonds is 4. The number of hydrogen-bond acceptors (Lipinski definition) is 3. The molecule has 2 N–H and O–H groups in total. The summed E-state index contributed by atoms with van der Waals surface area (Å²) in [5.74, 6) is 0.770. The van der Waals surface area contributed by atoms with Gasteiger partial charge in [-0.2, -0.15) is 0 Å². The van der Waals surface area contributed by atoms with Gasteiger partial charge in [-0.3, -0.25) is 0 Å². The van der Waals surface area contributed by atoms with E-state index < -0.39 is 0 Å². The summed E-state index contributed by atoms with van der Waals surface area (Å²) in [5.41, 5.74) is 11.7. The first kappa shape index (κ1) is 20.1. The number of aromatic nitrogens is 1. The molecule has 2 aromatic heterocycles. The van der Waals surface area contributed by atoms with Crippen LogP contribution in [0.15, 0.2) is 109 Å². The smallest absolute Gasteiger partial charge is 0.151 e. The summed E-state index contributed by atoms with van der Waals surface area (Å²) in [6, 6.07) is 38.2. The second kappa shape index (κ2) is 7.90. The van der Waals surface area contributed by atoms with Gasteiger partial charge in [-0.1, -0.05) is 66.7 Å². The summed E-state index contributed by atoms with van der Waals surface area (Å²) >= 11 is 1.77. The van der Waals surface area contributed by atoms with Crippen LogP contribution in [0.4, 0.5) is 5.69 Å². The van der Waals surface area contributed by atoms with Crippen molar-refractivity contribution in [2.24, 2.45) is 0 Å². The maximum absolute atomic E-state index is 6.37. The molecule has 0 bridgehead atoms. The maximum Gasteiger partial charge on any atom is 0.151 e. The minimum atomic E-state index is 0.459. The summed E-state index contributed by atoms with van der Waals surface area (Å²) in [5, 5.41) is 4.83. The quantitative estimate of drug-likeness (QED) is 0.263. The Morgan fingerprint density at radius 1 is 0.629 bits per heavy atom. The van der Waals surface area contributed by atoms with Crippen molar-refractivity contribution in [1.82, 2.24) is 4.57 Å². The second-order valence-electron chi connectivity index (χ2n) is 8.78. The first-order valence-electron chi connectivity index (χ1n) is 11.7. The number of nitrogens with zero attached hydrogens (tertiary/aromatic N) is 1. The van der Waals surface area contributed by atoms with Crippen molar-refractivity contribution in [3.05, 3.63) is 115 Å². The highest BCUT2D eigenvalue weighted by Gasteiger charge is 2.14. The highest BCUT2D eigenvalue weighted by Crippen LogP contribution is 2.42. The molecule has 0 amide bonds. The molecule has 5 aromatic carbocycles. The summed E-state index contributed by atoms with van der Waals surface area (Å²) in [6.07, 6.45) is 0. The first-order chi connectivity index (χ1) is 17.3. The lowest BCUT2D eigenvalue weighted by Crippen LogP contribution is -2.00. The van der Waals surface area contributed by atoms with E-state index in [1.165, 1.54) is 36.6 Å². The van der Waals surface area contributed by atoms with Crippen molar-refractivity contribution in [3.63, 3.8) is 0 Å². The molecule has 0 aliphatic rings. The number of fused-ring (bicyclic) bond motifs is 6. The Balaban J connectivity index is 1.25. The summed E-state index contributed by atoms with van der Waals surface area (Å²) in [6.45, 7) is 0.459. The molecule has 35 heavy (non-hydrogen) atoms. The van der Waals surface area contributed by atoms with Crippen LogP contribution in [0.5, 0.6) is 5.75 Å². The highest BCUT2D eigenvalue weighted by atomic mass is 32.1. The molecule has 0 saturated carbocycles. The van der Waals surface area contributed by atoms with E-state index in [4.69, 9.17) is 10.5 Å². The van der Waals surface area contributed by atoms with Gasteiger partial charge >= 0.3 is 0 Å². The molecule has 168 valence electrons. The third-order valence-corrected chi connectivity index (χ3v) is 7.82. The van der Waals surface area contributed by atoms with Crippen LogP contribution < -0.4 is 10.5 Å². The Bertz CT molecular complexity index is 1810. The number of hydrogen-bond donors (Lipinski definition) is 1. The molecular weight excluding hydrogens is 448 g/mol. The Kier molecular flexibility index (Phi) is 4.54. The highest BCUT2D eigenvalue weighted by molar-refractivity contribution is 7.25. The molecule has 3 nitrogen and oxygen atoms in total. The number of para-hydroxylation sites is 2. The molecule has 0 spiro atoms. The number of nitrogen functional groups attached to an aromatic ring is 1. The van der Waals surface area contributed by atoms with Crippen molar-refractivity contribution < 1.29 is 4.74 Å². The monoisotopic (exact) mass is 470 g/mol. The predicted molar refractivity (Wildman–Crippen MR) is 149 cm³/mol. The Hall–Kier alpha value is -4.28. The minimum Gasteiger partial charge on any atom is -0.486 e. The van der Waals surface area contributed by atoms with Crippen LogP contribution in [-0.4, -0.2) is 4.57 Å². The van der Waals surface area contributed by atoms with Crippen LogP contribution in [0, 0.1) is 0 Å². The van der Waals surface area contributed by atoms with E-state index >= 15 is 0 Å². The second-order valence-corrected chi connectivity index (χ2v) is 9.86. The van der Waals surface area contributed by atoms with Crippen LogP contribution >= 0.6 is 11.3 Å². The zero-order valence-corrected chi connectivity index (χ0v) is 19.8. The molecule has 0 fully saturated rings. The predicted octanol–water partition coefficient (Wildman–Crippen LogP) is 8.31. The molecule has 0 saturated heterocycles. The lowest BCUT2D eigenvalue weighted by molar-refractivity contribution is 0.312. The van der Waals surface area contributed by atoms with Crippen LogP contribution in [0.1, 0.15) is 5.56 Å². The van der Waals surface area contributed by atoms with Gasteiger partial charge in [0.2, 0.25) is 0 Å². The van der Waals surface area contributed by atoms with Gasteiger partial charge in [0, 0.05) is 36.6 Å². The van der Waals surface area contributed by atoms with Gasteiger partial charge < -0.3 is 15.0 Å². The molecule has 0 aliphatic carbocycles. The molecule has 7 aromatic rings. The van der Waals surface area contributed by atoms with Crippen LogP contribution in [0.2, 0.25) is 0 Å². The van der Waals surface area contributed by atoms with Crippen molar-refractivity contribution in [2.75, 3.05) is 5.73 Å². The molecule has 0 unspecified atom stereocenters. The SMILES string of the molecule is Nc1ccc2sc3ccccc3c2c1OCc1ccc(-n2c3ccccc3c3ccccc32)cc1. The van der Waals surface area contributed by atoms with Gasteiger partial charge in [0.05, 0.1) is 16.7 Å².